The molecule has 2 aromatic carbocycles. The summed E-state index contributed by atoms with van der Waals surface area (Å²) in [7, 11) is 3.37. The summed E-state index contributed by atoms with van der Waals surface area (Å²) in [5.74, 6) is 2.59. The summed E-state index contributed by atoms with van der Waals surface area (Å²) in [5.41, 5.74) is 10.4. The summed E-state index contributed by atoms with van der Waals surface area (Å²) < 4.78 is 11.3. The van der Waals surface area contributed by atoms with Crippen LogP contribution < -0.4 is 15.2 Å². The molecule has 2 heterocycles. The summed E-state index contributed by atoms with van der Waals surface area (Å²) in [6.45, 7) is 4.23. The predicted octanol–water partition coefficient (Wildman–Crippen LogP) is 4.86. The van der Waals surface area contributed by atoms with E-state index in [0.29, 0.717) is 17.7 Å². The quantitative estimate of drug-likeness (QED) is 0.663. The molecule has 0 spiro atoms. The third-order valence-corrected chi connectivity index (χ3v) is 6.98. The van der Waals surface area contributed by atoms with E-state index in [-0.39, 0.29) is 24.4 Å². The monoisotopic (exact) mass is 446 g/mol. The number of nitrogens with zero attached hydrogens (tertiary/aromatic N) is 1. The van der Waals surface area contributed by atoms with Gasteiger partial charge in [-0.1, -0.05) is 31.9 Å². The zero-order valence-electron chi connectivity index (χ0n) is 18.7. The number of fused-ring (bicyclic) bond motifs is 3. The first kappa shape index (κ1) is 23.7. The number of nitrogens with two attached hydrogens (primary N) is 1. The van der Waals surface area contributed by atoms with Crippen molar-refractivity contribution in [1.29, 1.82) is 0 Å². The molecule has 1 fully saturated rings. The average Bonchev–Trinajstić information content (AvgIpc) is 2.77. The number of halogens is 1. The van der Waals surface area contributed by atoms with Crippen LogP contribution in [0.1, 0.15) is 61.3 Å². The van der Waals surface area contributed by atoms with Crippen molar-refractivity contribution in [1.82, 2.24) is 4.90 Å². The number of rotatable bonds is 6. The molecule has 0 amide bonds. The van der Waals surface area contributed by atoms with E-state index in [1.165, 1.54) is 36.0 Å². The number of hydrogen-bond donors (Lipinski definition) is 2. The molecule has 170 valence electrons. The van der Waals surface area contributed by atoms with E-state index in [2.05, 4.69) is 24.0 Å². The fourth-order valence-corrected chi connectivity index (χ4v) is 5.29. The number of unbranched alkanes of at least 4 members (excludes halogenated alkanes) is 1. The summed E-state index contributed by atoms with van der Waals surface area (Å²) in [6, 6.07) is 12.4. The van der Waals surface area contributed by atoms with Crippen LogP contribution in [0, 0.1) is 5.92 Å². The Bertz CT molecular complexity index is 874. The Morgan fingerprint density at radius 1 is 1.03 bits per heavy atom. The second kappa shape index (κ2) is 10.1. The summed E-state index contributed by atoms with van der Waals surface area (Å²) in [4.78, 5) is 2.62. The molecule has 4 atom stereocenters. The van der Waals surface area contributed by atoms with Gasteiger partial charge in [-0.25, -0.2) is 0 Å². The first-order valence-corrected chi connectivity index (χ1v) is 11.1. The van der Waals surface area contributed by atoms with Crippen LogP contribution in [0.5, 0.6) is 17.2 Å². The van der Waals surface area contributed by atoms with Gasteiger partial charge in [-0.2, -0.15) is 0 Å². The fourth-order valence-electron chi connectivity index (χ4n) is 5.29. The third kappa shape index (κ3) is 4.64. The van der Waals surface area contributed by atoms with Crippen molar-refractivity contribution in [3.05, 3.63) is 53.1 Å². The van der Waals surface area contributed by atoms with Crippen LogP contribution in [-0.2, 0) is 0 Å². The van der Waals surface area contributed by atoms with Gasteiger partial charge in [-0.05, 0) is 59.7 Å². The molecule has 2 aromatic rings. The van der Waals surface area contributed by atoms with E-state index in [4.69, 9.17) is 15.2 Å². The smallest absolute Gasteiger partial charge is 0.161 e. The zero-order chi connectivity index (χ0) is 21.3. The van der Waals surface area contributed by atoms with E-state index >= 15 is 0 Å². The zero-order valence-corrected chi connectivity index (χ0v) is 19.5. The van der Waals surface area contributed by atoms with Gasteiger partial charge in [0.2, 0.25) is 0 Å². The number of ether oxygens (including phenoxy) is 2. The topological polar surface area (TPSA) is 68.0 Å². The number of phenols is 1. The largest absolute Gasteiger partial charge is 0.508 e. The molecule has 0 bridgehead atoms. The molecule has 4 unspecified atom stereocenters. The maximum Gasteiger partial charge on any atom is 0.161 e. The van der Waals surface area contributed by atoms with E-state index < -0.39 is 0 Å². The Hall–Kier alpha value is -1.95. The van der Waals surface area contributed by atoms with Gasteiger partial charge in [0, 0.05) is 31.1 Å². The molecule has 0 radical (unpaired) electrons. The van der Waals surface area contributed by atoms with Crippen LogP contribution in [0.3, 0.4) is 0 Å². The van der Waals surface area contributed by atoms with Gasteiger partial charge in [-0.3, -0.25) is 4.90 Å². The van der Waals surface area contributed by atoms with Crippen molar-refractivity contribution >= 4 is 12.4 Å². The summed E-state index contributed by atoms with van der Waals surface area (Å²) >= 11 is 0. The summed E-state index contributed by atoms with van der Waals surface area (Å²) in [6.07, 6.45) is 4.62. The van der Waals surface area contributed by atoms with Gasteiger partial charge in [0.05, 0.1) is 14.2 Å². The number of phenolic OH excluding ortho intramolecular Hbond substituents is 1. The highest BCUT2D eigenvalue weighted by atomic mass is 35.5. The van der Waals surface area contributed by atoms with Crippen LogP contribution >= 0.6 is 12.4 Å². The van der Waals surface area contributed by atoms with Crippen molar-refractivity contribution in [3.8, 4) is 17.2 Å². The standard InChI is InChI=1S/C25H34N2O3.ClH/c1-4-5-6-17-14-27-15-21(16-7-9-18(28)10-8-16)19-11-24(29-2)25(30-3)12-20(19)23(27)13-22(17)26;/h7-12,17,21-23,28H,4-6,13-15,26H2,1-3H3;1H. The van der Waals surface area contributed by atoms with Crippen molar-refractivity contribution in [2.75, 3.05) is 27.3 Å². The van der Waals surface area contributed by atoms with Gasteiger partial charge in [0.1, 0.15) is 5.75 Å². The molecule has 1 saturated heterocycles. The lowest BCUT2D eigenvalue weighted by Gasteiger charge is -2.48. The van der Waals surface area contributed by atoms with Gasteiger partial charge in [-0.15, -0.1) is 12.4 Å². The van der Waals surface area contributed by atoms with E-state index in [1.54, 1.807) is 26.4 Å². The fraction of sp³-hybridized carbons (Fsp3) is 0.520. The maximum atomic E-state index is 9.77. The minimum absolute atomic E-state index is 0. The molecule has 2 aliphatic rings. The number of piperidine rings is 1. The molecule has 4 rings (SSSR count). The lowest BCUT2D eigenvalue weighted by atomic mass is 9.75. The highest BCUT2D eigenvalue weighted by Crippen LogP contribution is 2.48. The average molecular weight is 447 g/mol. The first-order valence-electron chi connectivity index (χ1n) is 11.1. The molecule has 3 N–H and O–H groups in total. The van der Waals surface area contributed by atoms with Crippen molar-refractivity contribution in [2.45, 2.75) is 50.6 Å². The second-order valence-electron chi connectivity index (χ2n) is 8.75. The molecule has 0 saturated carbocycles. The SMILES string of the molecule is CCCCC1CN2CC(c3ccc(O)cc3)c3cc(OC)c(OC)cc3C2CC1N.Cl. The van der Waals surface area contributed by atoms with Crippen molar-refractivity contribution < 1.29 is 14.6 Å². The minimum atomic E-state index is 0. The van der Waals surface area contributed by atoms with Crippen LogP contribution in [0.4, 0.5) is 0 Å². The highest BCUT2D eigenvalue weighted by molar-refractivity contribution is 5.85. The molecule has 0 aliphatic carbocycles. The molecule has 5 nitrogen and oxygen atoms in total. The molecule has 31 heavy (non-hydrogen) atoms. The maximum absolute atomic E-state index is 9.77. The molecule has 0 aromatic heterocycles. The molecule has 6 heteroatoms. The predicted molar refractivity (Wildman–Crippen MR) is 127 cm³/mol. The summed E-state index contributed by atoms with van der Waals surface area (Å²) in [5, 5.41) is 9.77. The van der Waals surface area contributed by atoms with Gasteiger partial charge >= 0.3 is 0 Å². The highest BCUT2D eigenvalue weighted by Gasteiger charge is 2.41. The van der Waals surface area contributed by atoms with Crippen molar-refractivity contribution in [3.63, 3.8) is 0 Å². The number of methoxy groups -OCH3 is 2. The third-order valence-electron chi connectivity index (χ3n) is 6.98. The normalized spacial score (nSPS) is 25.2. The second-order valence-corrected chi connectivity index (χ2v) is 8.75. The van der Waals surface area contributed by atoms with Crippen LogP contribution in [0.25, 0.3) is 0 Å². The van der Waals surface area contributed by atoms with Gasteiger partial charge in [0.15, 0.2) is 11.5 Å². The van der Waals surface area contributed by atoms with E-state index in [9.17, 15) is 5.11 Å². The molecular weight excluding hydrogens is 412 g/mol. The Morgan fingerprint density at radius 2 is 1.68 bits per heavy atom. The van der Waals surface area contributed by atoms with Crippen molar-refractivity contribution in [2.24, 2.45) is 11.7 Å². The Kier molecular flexibility index (Phi) is 7.73. The van der Waals surface area contributed by atoms with Crippen LogP contribution in [0.2, 0.25) is 0 Å². The number of aromatic hydroxyl groups is 1. The lowest BCUT2D eigenvalue weighted by molar-refractivity contribution is 0.0728. The molecular formula is C25H35ClN2O3. The minimum Gasteiger partial charge on any atom is -0.508 e. The first-order chi connectivity index (χ1) is 14.5. The van der Waals surface area contributed by atoms with E-state index in [1.807, 2.05) is 12.1 Å². The van der Waals surface area contributed by atoms with Gasteiger partial charge < -0.3 is 20.3 Å². The Morgan fingerprint density at radius 3 is 2.29 bits per heavy atom. The van der Waals surface area contributed by atoms with Crippen LogP contribution in [0.15, 0.2) is 36.4 Å². The lowest BCUT2D eigenvalue weighted by Crippen LogP contribution is -2.51. The molecule has 2 aliphatic heterocycles. The van der Waals surface area contributed by atoms with Gasteiger partial charge in [0.25, 0.3) is 0 Å². The number of benzene rings is 2. The Labute approximate surface area is 191 Å². The van der Waals surface area contributed by atoms with E-state index in [0.717, 1.165) is 31.0 Å². The van der Waals surface area contributed by atoms with Crippen LogP contribution in [-0.4, -0.2) is 43.4 Å². The Balaban J connectivity index is 0.00000272. The number of hydrogen-bond acceptors (Lipinski definition) is 5.